The van der Waals surface area contributed by atoms with E-state index in [2.05, 4.69) is 11.9 Å². The van der Waals surface area contributed by atoms with Gasteiger partial charge < -0.3 is 10.1 Å². The molecule has 1 rings (SSSR count). The summed E-state index contributed by atoms with van der Waals surface area (Å²) in [4.78, 5) is 22.3. The number of nitrogens with one attached hydrogen (secondary N) is 1. The van der Waals surface area contributed by atoms with Gasteiger partial charge in [0.05, 0.1) is 5.56 Å². The van der Waals surface area contributed by atoms with E-state index in [1.165, 1.54) is 25.1 Å². The van der Waals surface area contributed by atoms with Crippen LogP contribution in [0.1, 0.15) is 17.3 Å². The molecule has 1 aromatic rings. The summed E-state index contributed by atoms with van der Waals surface area (Å²) < 4.78 is 18.1. The van der Waals surface area contributed by atoms with Crippen molar-refractivity contribution < 1.29 is 18.7 Å². The number of rotatable bonds is 4. The number of carbonyl (C=O) groups is 2. The topological polar surface area (TPSA) is 55.4 Å². The van der Waals surface area contributed by atoms with Crippen LogP contribution < -0.4 is 5.32 Å². The summed E-state index contributed by atoms with van der Waals surface area (Å²) >= 11 is 0. The molecule has 17 heavy (non-hydrogen) atoms. The Labute approximate surface area is 98.1 Å². The molecule has 0 heterocycles. The minimum atomic E-state index is -0.797. The third kappa shape index (κ3) is 3.71. The highest BCUT2D eigenvalue weighted by Gasteiger charge is 2.13. The zero-order valence-corrected chi connectivity index (χ0v) is 9.33. The van der Waals surface area contributed by atoms with E-state index < -0.39 is 11.8 Å². The second-order valence-electron chi connectivity index (χ2n) is 3.26. The maximum atomic E-state index is 13.3. The molecule has 0 saturated heterocycles. The molecule has 0 radical (unpaired) electrons. The van der Waals surface area contributed by atoms with Crippen molar-refractivity contribution in [2.24, 2.45) is 0 Å². The minimum absolute atomic E-state index is 0.00262. The molecule has 0 aliphatic carbocycles. The van der Waals surface area contributed by atoms with Crippen LogP contribution >= 0.6 is 0 Å². The molecule has 0 spiro atoms. The monoisotopic (exact) mass is 237 g/mol. The van der Waals surface area contributed by atoms with E-state index in [9.17, 15) is 14.0 Å². The molecule has 0 unspecified atom stereocenters. The summed E-state index contributed by atoms with van der Waals surface area (Å²) in [5.74, 6) is -1.80. The van der Waals surface area contributed by atoms with Gasteiger partial charge >= 0.3 is 5.97 Å². The predicted molar refractivity (Wildman–Crippen MR) is 61.2 cm³/mol. The molecule has 0 saturated carbocycles. The Kier molecular flexibility index (Phi) is 4.39. The van der Waals surface area contributed by atoms with Crippen LogP contribution in [0, 0.1) is 5.82 Å². The fourth-order valence-corrected chi connectivity index (χ4v) is 1.18. The lowest BCUT2D eigenvalue weighted by molar-refractivity contribution is -0.114. The van der Waals surface area contributed by atoms with Gasteiger partial charge in [-0.2, -0.15) is 0 Å². The molecule has 4 nitrogen and oxygen atoms in total. The first kappa shape index (κ1) is 12.9. The van der Waals surface area contributed by atoms with E-state index in [1.54, 1.807) is 0 Å². The van der Waals surface area contributed by atoms with E-state index >= 15 is 0 Å². The minimum Gasteiger partial charge on any atom is -0.458 e. The molecular formula is C12H12FNO3. The molecule has 0 aromatic heterocycles. The van der Waals surface area contributed by atoms with Crippen molar-refractivity contribution >= 4 is 17.6 Å². The molecule has 1 N–H and O–H groups in total. The Morgan fingerprint density at radius 2 is 2.24 bits per heavy atom. The summed E-state index contributed by atoms with van der Waals surface area (Å²) in [6.45, 7) is 4.70. The number of benzene rings is 1. The highest BCUT2D eigenvalue weighted by atomic mass is 19.1. The van der Waals surface area contributed by atoms with Crippen LogP contribution in [-0.4, -0.2) is 18.5 Å². The number of hydrogen-bond acceptors (Lipinski definition) is 3. The fourth-order valence-electron chi connectivity index (χ4n) is 1.18. The molecule has 1 aromatic carbocycles. The lowest BCUT2D eigenvalue weighted by Crippen LogP contribution is -2.10. The van der Waals surface area contributed by atoms with E-state index in [0.717, 1.165) is 6.07 Å². The summed E-state index contributed by atoms with van der Waals surface area (Å²) in [6.07, 6.45) is 1.38. The third-order valence-electron chi connectivity index (χ3n) is 1.84. The van der Waals surface area contributed by atoms with Gasteiger partial charge in [0.15, 0.2) is 0 Å². The van der Waals surface area contributed by atoms with Gasteiger partial charge in [-0.25, -0.2) is 9.18 Å². The van der Waals surface area contributed by atoms with E-state index in [1.807, 2.05) is 0 Å². The van der Waals surface area contributed by atoms with Gasteiger partial charge in [0.25, 0.3) is 0 Å². The predicted octanol–water partition coefficient (Wildman–Crippen LogP) is 2.13. The SMILES string of the molecule is C=CCOC(=O)c1cc(NC(C)=O)ccc1F. The lowest BCUT2D eigenvalue weighted by Gasteiger charge is -2.06. The van der Waals surface area contributed by atoms with Crippen LogP contribution in [0.5, 0.6) is 0 Å². The van der Waals surface area contributed by atoms with Crippen LogP contribution in [-0.2, 0) is 9.53 Å². The Bertz CT molecular complexity index is 457. The average Bonchev–Trinajstić information content (AvgIpc) is 2.28. The smallest absolute Gasteiger partial charge is 0.341 e. The normalized spacial score (nSPS) is 9.53. The highest BCUT2D eigenvalue weighted by molar-refractivity contribution is 5.93. The molecule has 0 bridgehead atoms. The molecule has 5 heteroatoms. The van der Waals surface area contributed by atoms with E-state index in [-0.39, 0.29) is 18.1 Å². The standard InChI is InChI=1S/C12H12FNO3/c1-3-6-17-12(16)10-7-9(14-8(2)15)4-5-11(10)13/h3-5,7H,1,6H2,2H3,(H,14,15). The van der Waals surface area contributed by atoms with Gasteiger partial charge in [-0.1, -0.05) is 12.7 Å². The molecule has 1 amide bonds. The third-order valence-corrected chi connectivity index (χ3v) is 1.84. The van der Waals surface area contributed by atoms with Gasteiger partial charge in [0.1, 0.15) is 12.4 Å². The molecule has 0 fully saturated rings. The first-order valence-electron chi connectivity index (χ1n) is 4.89. The maximum absolute atomic E-state index is 13.3. The zero-order chi connectivity index (χ0) is 12.8. The molecule has 0 aliphatic heterocycles. The summed E-state index contributed by atoms with van der Waals surface area (Å²) in [7, 11) is 0. The summed E-state index contributed by atoms with van der Waals surface area (Å²) in [5.41, 5.74) is 0.113. The van der Waals surface area contributed by atoms with Crippen molar-refractivity contribution in [1.82, 2.24) is 0 Å². The van der Waals surface area contributed by atoms with Gasteiger partial charge in [0, 0.05) is 12.6 Å². The van der Waals surface area contributed by atoms with E-state index in [4.69, 9.17) is 4.74 Å². The van der Waals surface area contributed by atoms with Gasteiger partial charge in [-0.15, -0.1) is 0 Å². The second kappa shape index (κ2) is 5.79. The second-order valence-corrected chi connectivity index (χ2v) is 3.26. The average molecular weight is 237 g/mol. The van der Waals surface area contributed by atoms with Crippen LogP contribution in [0.25, 0.3) is 0 Å². The molecule has 0 atom stereocenters. The van der Waals surface area contributed by atoms with Crippen molar-refractivity contribution in [2.45, 2.75) is 6.92 Å². The zero-order valence-electron chi connectivity index (χ0n) is 9.33. The number of amides is 1. The van der Waals surface area contributed by atoms with E-state index in [0.29, 0.717) is 5.69 Å². The number of anilines is 1. The lowest BCUT2D eigenvalue weighted by atomic mass is 10.2. The Hall–Kier alpha value is -2.17. The van der Waals surface area contributed by atoms with Crippen molar-refractivity contribution in [2.75, 3.05) is 11.9 Å². The van der Waals surface area contributed by atoms with Crippen LogP contribution in [0.4, 0.5) is 10.1 Å². The first-order chi connectivity index (χ1) is 8.04. The quantitative estimate of drug-likeness (QED) is 0.644. The number of hydrogen-bond donors (Lipinski definition) is 1. The number of esters is 1. The van der Waals surface area contributed by atoms with Crippen molar-refractivity contribution in [3.8, 4) is 0 Å². The van der Waals surface area contributed by atoms with Crippen molar-refractivity contribution in [3.63, 3.8) is 0 Å². The van der Waals surface area contributed by atoms with Crippen LogP contribution in [0.15, 0.2) is 30.9 Å². The fraction of sp³-hybridized carbons (Fsp3) is 0.167. The van der Waals surface area contributed by atoms with Crippen LogP contribution in [0.2, 0.25) is 0 Å². The number of carbonyl (C=O) groups excluding carboxylic acids is 2. The largest absolute Gasteiger partial charge is 0.458 e. The summed E-state index contributed by atoms with van der Waals surface area (Å²) in [6, 6.07) is 3.68. The number of halogens is 1. The molecular weight excluding hydrogens is 225 g/mol. The number of ether oxygens (including phenoxy) is 1. The Balaban J connectivity index is 2.93. The summed E-state index contributed by atoms with van der Waals surface area (Å²) in [5, 5.41) is 2.45. The highest BCUT2D eigenvalue weighted by Crippen LogP contribution is 2.15. The maximum Gasteiger partial charge on any atom is 0.341 e. The Morgan fingerprint density at radius 3 is 2.82 bits per heavy atom. The Morgan fingerprint density at radius 1 is 1.53 bits per heavy atom. The molecule has 0 aliphatic rings. The van der Waals surface area contributed by atoms with Gasteiger partial charge in [-0.05, 0) is 18.2 Å². The van der Waals surface area contributed by atoms with Gasteiger partial charge in [0.2, 0.25) is 5.91 Å². The van der Waals surface area contributed by atoms with Gasteiger partial charge in [-0.3, -0.25) is 4.79 Å². The van der Waals surface area contributed by atoms with Crippen molar-refractivity contribution in [1.29, 1.82) is 0 Å². The van der Waals surface area contributed by atoms with Crippen LogP contribution in [0.3, 0.4) is 0 Å². The molecule has 90 valence electrons. The van der Waals surface area contributed by atoms with Crippen molar-refractivity contribution in [3.05, 3.63) is 42.2 Å². The first-order valence-corrected chi connectivity index (χ1v) is 4.89.